The van der Waals surface area contributed by atoms with Crippen LogP contribution in [0.15, 0.2) is 0 Å². The summed E-state index contributed by atoms with van der Waals surface area (Å²) in [5.74, 6) is 0. The summed E-state index contributed by atoms with van der Waals surface area (Å²) in [6.45, 7) is 1.69. The number of rotatable bonds is 3. The van der Waals surface area contributed by atoms with Crippen molar-refractivity contribution in [3.05, 3.63) is 0 Å². The summed E-state index contributed by atoms with van der Waals surface area (Å²) in [4.78, 5) is 0. The zero-order valence-corrected chi connectivity index (χ0v) is 7.93. The zero-order valence-electron chi connectivity index (χ0n) is 7.17. The Balaban J connectivity index is 1.56. The number of alkyl halides is 1. The van der Waals surface area contributed by atoms with Crippen LogP contribution < -0.4 is 0 Å². The van der Waals surface area contributed by atoms with Crippen LogP contribution in [0.25, 0.3) is 0 Å². The van der Waals surface area contributed by atoms with Crippen LogP contribution in [0, 0.1) is 0 Å². The first-order valence-electron chi connectivity index (χ1n) is 4.72. The lowest BCUT2D eigenvalue weighted by Gasteiger charge is -2.31. The van der Waals surface area contributed by atoms with Gasteiger partial charge in [-0.05, 0) is 25.7 Å². The molecule has 0 amide bonds. The minimum atomic E-state index is 0.361. The number of halogens is 1. The Kier molecular flexibility index (Phi) is 2.89. The molecule has 2 rings (SSSR count). The summed E-state index contributed by atoms with van der Waals surface area (Å²) in [6, 6.07) is 0. The highest BCUT2D eigenvalue weighted by Crippen LogP contribution is 2.28. The molecule has 1 saturated heterocycles. The molecule has 1 saturated carbocycles. The van der Waals surface area contributed by atoms with Gasteiger partial charge >= 0.3 is 0 Å². The van der Waals surface area contributed by atoms with Crippen molar-refractivity contribution in [2.75, 3.05) is 13.2 Å². The van der Waals surface area contributed by atoms with Gasteiger partial charge in [0.1, 0.15) is 0 Å². The van der Waals surface area contributed by atoms with E-state index in [4.69, 9.17) is 21.1 Å². The molecule has 1 aliphatic carbocycles. The maximum atomic E-state index is 5.83. The lowest BCUT2D eigenvalue weighted by Crippen LogP contribution is -2.34. The van der Waals surface area contributed by atoms with Crippen LogP contribution in [0.3, 0.4) is 0 Å². The van der Waals surface area contributed by atoms with Crippen molar-refractivity contribution in [1.29, 1.82) is 0 Å². The predicted molar refractivity (Wildman–Crippen MR) is 47.6 cm³/mol. The SMILES string of the molecule is ClC1CC(OCC2CCCO2)C1. The summed E-state index contributed by atoms with van der Waals surface area (Å²) in [7, 11) is 0. The molecule has 2 fully saturated rings. The second kappa shape index (κ2) is 3.95. The van der Waals surface area contributed by atoms with Crippen LogP contribution in [0.4, 0.5) is 0 Å². The van der Waals surface area contributed by atoms with Crippen LogP contribution in [0.1, 0.15) is 25.7 Å². The van der Waals surface area contributed by atoms with Crippen molar-refractivity contribution >= 4 is 11.6 Å². The average Bonchev–Trinajstić information content (AvgIpc) is 2.47. The van der Waals surface area contributed by atoms with E-state index in [1.807, 2.05) is 0 Å². The van der Waals surface area contributed by atoms with E-state index in [9.17, 15) is 0 Å². The van der Waals surface area contributed by atoms with Gasteiger partial charge in [-0.1, -0.05) is 0 Å². The summed E-state index contributed by atoms with van der Waals surface area (Å²) in [6.07, 6.45) is 5.17. The van der Waals surface area contributed by atoms with Crippen molar-refractivity contribution in [3.63, 3.8) is 0 Å². The van der Waals surface area contributed by atoms with Crippen LogP contribution in [0.5, 0.6) is 0 Å². The Morgan fingerprint density at radius 2 is 2.25 bits per heavy atom. The van der Waals surface area contributed by atoms with Gasteiger partial charge in [0.2, 0.25) is 0 Å². The molecule has 1 atom stereocenters. The van der Waals surface area contributed by atoms with Gasteiger partial charge in [-0.15, -0.1) is 11.6 Å². The Labute approximate surface area is 78.2 Å². The molecule has 0 spiro atoms. The van der Waals surface area contributed by atoms with Gasteiger partial charge in [-0.2, -0.15) is 0 Å². The lowest BCUT2D eigenvalue weighted by molar-refractivity contribution is -0.0470. The largest absolute Gasteiger partial charge is 0.376 e. The summed E-state index contributed by atoms with van der Waals surface area (Å²) >= 11 is 5.83. The van der Waals surface area contributed by atoms with Crippen LogP contribution >= 0.6 is 11.6 Å². The summed E-state index contributed by atoms with van der Waals surface area (Å²) in [5.41, 5.74) is 0. The first-order chi connectivity index (χ1) is 5.84. The third kappa shape index (κ3) is 2.12. The zero-order chi connectivity index (χ0) is 8.39. The molecule has 2 aliphatic rings. The van der Waals surface area contributed by atoms with Gasteiger partial charge in [-0.3, -0.25) is 0 Å². The fraction of sp³-hybridized carbons (Fsp3) is 1.00. The van der Waals surface area contributed by atoms with Crippen LogP contribution in [-0.4, -0.2) is 30.8 Å². The summed E-state index contributed by atoms with van der Waals surface area (Å²) < 4.78 is 11.1. The standard InChI is InChI=1S/C9H15ClO2/c10-7-4-9(5-7)12-6-8-2-1-3-11-8/h7-9H,1-6H2. The number of ether oxygens (including phenoxy) is 2. The molecule has 0 aromatic heterocycles. The van der Waals surface area contributed by atoms with E-state index in [1.54, 1.807) is 0 Å². The monoisotopic (exact) mass is 190 g/mol. The third-order valence-corrected chi connectivity index (χ3v) is 2.94. The first-order valence-corrected chi connectivity index (χ1v) is 5.15. The van der Waals surface area contributed by atoms with Crippen molar-refractivity contribution in [2.24, 2.45) is 0 Å². The van der Waals surface area contributed by atoms with E-state index in [0.717, 1.165) is 32.5 Å². The van der Waals surface area contributed by atoms with Crippen molar-refractivity contribution in [3.8, 4) is 0 Å². The van der Waals surface area contributed by atoms with Crippen LogP contribution in [0.2, 0.25) is 0 Å². The third-order valence-electron chi connectivity index (χ3n) is 2.58. The minimum Gasteiger partial charge on any atom is -0.376 e. The predicted octanol–water partition coefficient (Wildman–Crippen LogP) is 1.95. The van der Waals surface area contributed by atoms with E-state index < -0.39 is 0 Å². The van der Waals surface area contributed by atoms with Gasteiger partial charge < -0.3 is 9.47 Å². The first kappa shape index (κ1) is 8.79. The van der Waals surface area contributed by atoms with Gasteiger partial charge in [0.25, 0.3) is 0 Å². The second-order valence-electron chi connectivity index (χ2n) is 3.66. The molecule has 70 valence electrons. The van der Waals surface area contributed by atoms with Gasteiger partial charge in [0.05, 0.1) is 18.8 Å². The Morgan fingerprint density at radius 1 is 1.42 bits per heavy atom. The Hall–Kier alpha value is 0.210. The molecular weight excluding hydrogens is 176 g/mol. The van der Waals surface area contributed by atoms with E-state index >= 15 is 0 Å². The fourth-order valence-corrected chi connectivity index (χ4v) is 2.05. The smallest absolute Gasteiger partial charge is 0.0809 e. The molecule has 1 unspecified atom stereocenters. The van der Waals surface area contributed by atoms with E-state index in [-0.39, 0.29) is 0 Å². The molecule has 3 heteroatoms. The second-order valence-corrected chi connectivity index (χ2v) is 4.28. The quantitative estimate of drug-likeness (QED) is 0.634. The highest BCUT2D eigenvalue weighted by Gasteiger charge is 2.29. The number of hydrogen-bond acceptors (Lipinski definition) is 2. The molecule has 0 N–H and O–H groups in total. The number of hydrogen-bond donors (Lipinski definition) is 0. The lowest BCUT2D eigenvalue weighted by atomic mass is 9.95. The highest BCUT2D eigenvalue weighted by molar-refractivity contribution is 6.21. The Bertz CT molecular complexity index is 139. The van der Waals surface area contributed by atoms with E-state index in [2.05, 4.69) is 0 Å². The van der Waals surface area contributed by atoms with Crippen LogP contribution in [-0.2, 0) is 9.47 Å². The maximum Gasteiger partial charge on any atom is 0.0809 e. The molecular formula is C9H15ClO2. The van der Waals surface area contributed by atoms with Crippen molar-refractivity contribution in [2.45, 2.75) is 43.3 Å². The van der Waals surface area contributed by atoms with E-state index in [0.29, 0.717) is 17.6 Å². The van der Waals surface area contributed by atoms with Gasteiger partial charge in [0, 0.05) is 12.0 Å². The fourth-order valence-electron chi connectivity index (χ4n) is 1.66. The average molecular weight is 191 g/mol. The topological polar surface area (TPSA) is 18.5 Å². The summed E-state index contributed by atoms with van der Waals surface area (Å²) in [5, 5.41) is 0.361. The maximum absolute atomic E-state index is 5.83. The molecule has 12 heavy (non-hydrogen) atoms. The Morgan fingerprint density at radius 3 is 2.83 bits per heavy atom. The molecule has 1 heterocycles. The molecule has 1 aliphatic heterocycles. The molecule has 0 aromatic carbocycles. The van der Waals surface area contributed by atoms with Gasteiger partial charge in [-0.25, -0.2) is 0 Å². The van der Waals surface area contributed by atoms with Gasteiger partial charge in [0.15, 0.2) is 0 Å². The van der Waals surface area contributed by atoms with E-state index in [1.165, 1.54) is 6.42 Å². The molecule has 2 nitrogen and oxygen atoms in total. The van der Waals surface area contributed by atoms with Crippen molar-refractivity contribution < 1.29 is 9.47 Å². The van der Waals surface area contributed by atoms with Crippen molar-refractivity contribution in [1.82, 2.24) is 0 Å². The normalized spacial score (nSPS) is 41.2. The highest BCUT2D eigenvalue weighted by atomic mass is 35.5. The molecule has 0 radical (unpaired) electrons. The molecule has 0 aromatic rings. The molecule has 0 bridgehead atoms. The minimum absolute atomic E-state index is 0.361.